The number of nitrogens with zero attached hydrogens (tertiary/aromatic N) is 6. The largest absolute Gasteiger partial charge is 0.208 e. The molecule has 8 heteroatoms. The summed E-state index contributed by atoms with van der Waals surface area (Å²) in [6.45, 7) is 0. The van der Waals surface area contributed by atoms with Gasteiger partial charge in [0.15, 0.2) is 34.9 Å². The summed E-state index contributed by atoms with van der Waals surface area (Å²) in [6.07, 6.45) is 0. The van der Waals surface area contributed by atoms with Crippen molar-refractivity contribution in [3.05, 3.63) is 469 Å². The van der Waals surface area contributed by atoms with E-state index in [1.54, 1.807) is 0 Å². The highest BCUT2D eigenvalue weighted by molar-refractivity contribution is 7.26. The van der Waals surface area contributed by atoms with Crippen LogP contribution in [0.25, 0.3) is 164 Å². The standard InChI is InChI=1S/C58H37N3S.C52H33N3S/c1-4-16-38(17-5-1)40-30-32-41(33-31-40)55-59-56(43-21-14-20-42(36-43)39-18-6-2-7-19-39)61-57(60-55)49-26-15-29-52-54(49)48-35-34-45(37-53(48)62-52)58(44-22-8-3-9-23-44)50-27-12-10-24-46(50)47-25-11-13-28-51(47)58;1-4-16-34(17-5-1)36-20-14-21-37(32-36)50-53-49(35-18-6-2-7-19-35)54-51(55-50)43-26-15-29-46-48(43)42-31-30-39(33-47(42)56-46)52(38-22-8-3-9-23-38)44-27-12-10-24-40(44)41-25-11-13-28-45(41)52/h1-37H;1-33H. The predicted molar refractivity (Wildman–Crippen MR) is 489 cm³/mol. The molecular formula is C110H70N6S2. The van der Waals surface area contributed by atoms with Gasteiger partial charge in [-0.2, -0.15) is 0 Å². The average Bonchev–Trinajstić information content (AvgIpc) is 1.54. The van der Waals surface area contributed by atoms with Gasteiger partial charge in [-0.25, -0.2) is 29.9 Å². The maximum Gasteiger partial charge on any atom is 0.164 e. The number of hydrogen-bond acceptors (Lipinski definition) is 8. The van der Waals surface area contributed by atoms with E-state index in [1.165, 1.54) is 102 Å². The summed E-state index contributed by atoms with van der Waals surface area (Å²) in [5, 5.41) is 4.70. The number of aromatic nitrogens is 6. The lowest BCUT2D eigenvalue weighted by atomic mass is 9.67. The van der Waals surface area contributed by atoms with Crippen LogP contribution in [0.15, 0.2) is 425 Å². The Labute approximate surface area is 691 Å². The molecular weight excluding hydrogens is 1470 g/mol. The fourth-order valence-electron chi connectivity index (χ4n) is 18.4. The lowest BCUT2D eigenvalue weighted by molar-refractivity contribution is 0.770. The Morgan fingerprint density at radius 2 is 0.424 bits per heavy atom. The monoisotopic (exact) mass is 1540 g/mol. The van der Waals surface area contributed by atoms with E-state index < -0.39 is 10.8 Å². The van der Waals surface area contributed by atoms with Gasteiger partial charge in [0.25, 0.3) is 0 Å². The Bertz CT molecular complexity index is 7320. The summed E-state index contributed by atoms with van der Waals surface area (Å²) in [7, 11) is 0. The average molecular weight is 1540 g/mol. The summed E-state index contributed by atoms with van der Waals surface area (Å²) in [4.78, 5) is 31.2. The second kappa shape index (κ2) is 29.2. The topological polar surface area (TPSA) is 77.3 Å². The van der Waals surface area contributed by atoms with E-state index in [0.29, 0.717) is 34.9 Å². The summed E-state index contributed by atoms with van der Waals surface area (Å²) in [5.41, 5.74) is 27.1. The van der Waals surface area contributed by atoms with Crippen LogP contribution in [0.4, 0.5) is 0 Å². The van der Waals surface area contributed by atoms with E-state index in [2.05, 4.69) is 388 Å². The molecule has 552 valence electrons. The molecule has 0 saturated heterocycles. The van der Waals surface area contributed by atoms with E-state index in [1.807, 2.05) is 59.1 Å². The van der Waals surface area contributed by atoms with Gasteiger partial charge in [-0.15, -0.1) is 22.7 Å². The molecule has 0 unspecified atom stereocenters. The van der Waals surface area contributed by atoms with Crippen LogP contribution in [-0.4, -0.2) is 29.9 Å². The first-order valence-corrected chi connectivity index (χ1v) is 41.6. The van der Waals surface area contributed by atoms with Gasteiger partial charge in [0.1, 0.15) is 0 Å². The van der Waals surface area contributed by atoms with Gasteiger partial charge in [0.2, 0.25) is 0 Å². The molecule has 0 amide bonds. The highest BCUT2D eigenvalue weighted by Crippen LogP contribution is 2.59. The summed E-state index contributed by atoms with van der Waals surface area (Å²) in [6, 6.07) is 152. The summed E-state index contributed by atoms with van der Waals surface area (Å²) in [5.74, 6) is 3.88. The summed E-state index contributed by atoms with van der Waals surface area (Å²) >= 11 is 3.66. The van der Waals surface area contributed by atoms with Gasteiger partial charge >= 0.3 is 0 Å². The molecule has 6 nitrogen and oxygen atoms in total. The molecule has 21 aromatic rings. The van der Waals surface area contributed by atoms with Crippen molar-refractivity contribution < 1.29 is 0 Å². The third-order valence-electron chi connectivity index (χ3n) is 23.7. The van der Waals surface area contributed by atoms with Crippen LogP contribution < -0.4 is 0 Å². The third-order valence-corrected chi connectivity index (χ3v) is 25.9. The van der Waals surface area contributed by atoms with Crippen LogP contribution in [0.1, 0.15) is 44.5 Å². The van der Waals surface area contributed by atoms with Crippen LogP contribution in [0.5, 0.6) is 0 Å². The summed E-state index contributed by atoms with van der Waals surface area (Å²) < 4.78 is 4.85. The maximum absolute atomic E-state index is 5.30. The van der Waals surface area contributed by atoms with Crippen LogP contribution in [0.2, 0.25) is 0 Å². The molecule has 4 heterocycles. The van der Waals surface area contributed by atoms with Crippen molar-refractivity contribution in [1.82, 2.24) is 29.9 Å². The van der Waals surface area contributed by atoms with Crippen LogP contribution in [0.3, 0.4) is 0 Å². The van der Waals surface area contributed by atoms with E-state index in [4.69, 9.17) is 29.9 Å². The zero-order valence-electron chi connectivity index (χ0n) is 63.9. The second-order valence-electron chi connectivity index (χ2n) is 30.2. The van der Waals surface area contributed by atoms with Crippen LogP contribution in [0, 0.1) is 0 Å². The second-order valence-corrected chi connectivity index (χ2v) is 32.4. The number of thiophene rings is 2. The fourth-order valence-corrected chi connectivity index (χ4v) is 20.7. The molecule has 2 aliphatic rings. The molecule has 4 aromatic heterocycles. The van der Waals surface area contributed by atoms with Crippen molar-refractivity contribution in [2.45, 2.75) is 10.8 Å². The molecule has 0 bridgehead atoms. The Morgan fingerprint density at radius 1 is 0.161 bits per heavy atom. The van der Waals surface area contributed by atoms with E-state index in [9.17, 15) is 0 Å². The molecule has 2 aliphatic carbocycles. The van der Waals surface area contributed by atoms with Crippen molar-refractivity contribution >= 4 is 63.0 Å². The molecule has 17 aromatic carbocycles. The van der Waals surface area contributed by atoms with Gasteiger partial charge < -0.3 is 0 Å². The minimum atomic E-state index is -0.468. The van der Waals surface area contributed by atoms with Gasteiger partial charge in [-0.1, -0.05) is 388 Å². The number of fused-ring (bicyclic) bond motifs is 12. The highest BCUT2D eigenvalue weighted by Gasteiger charge is 2.48. The minimum Gasteiger partial charge on any atom is -0.208 e. The van der Waals surface area contributed by atoms with Crippen molar-refractivity contribution in [3.8, 4) is 124 Å². The molecule has 0 N–H and O–H groups in total. The van der Waals surface area contributed by atoms with Crippen molar-refractivity contribution in [2.75, 3.05) is 0 Å². The van der Waals surface area contributed by atoms with Gasteiger partial charge in [-0.05, 0) is 137 Å². The first kappa shape index (κ1) is 69.9. The molecule has 0 fully saturated rings. The third kappa shape index (κ3) is 11.8. The lowest BCUT2D eigenvalue weighted by Gasteiger charge is -2.33. The van der Waals surface area contributed by atoms with Gasteiger partial charge in [0.05, 0.1) is 10.8 Å². The smallest absolute Gasteiger partial charge is 0.164 e. The molecule has 118 heavy (non-hydrogen) atoms. The van der Waals surface area contributed by atoms with E-state index in [-0.39, 0.29) is 0 Å². The first-order chi connectivity index (χ1) is 58.5. The van der Waals surface area contributed by atoms with Crippen LogP contribution >= 0.6 is 22.7 Å². The molecule has 0 spiro atoms. The fraction of sp³-hybridized carbons (Fsp3) is 0.0182. The maximum atomic E-state index is 5.30. The van der Waals surface area contributed by atoms with Crippen molar-refractivity contribution in [3.63, 3.8) is 0 Å². The quantitative estimate of drug-likeness (QED) is 0.114. The Hall–Kier alpha value is -14.8. The number of benzene rings is 17. The van der Waals surface area contributed by atoms with Crippen molar-refractivity contribution in [1.29, 1.82) is 0 Å². The van der Waals surface area contributed by atoms with Gasteiger partial charge in [-0.3, -0.25) is 0 Å². The minimum absolute atomic E-state index is 0.455. The first-order valence-electron chi connectivity index (χ1n) is 40.0. The van der Waals surface area contributed by atoms with Gasteiger partial charge in [0, 0.05) is 73.7 Å². The van der Waals surface area contributed by atoms with Crippen molar-refractivity contribution in [2.24, 2.45) is 0 Å². The zero-order valence-corrected chi connectivity index (χ0v) is 65.5. The SMILES string of the molecule is c1ccc(-c2ccc(-c3nc(-c4cccc(-c5ccccc5)c4)nc(-c4cccc5sc6cc(C7(c8ccccc8)c8ccccc8-c8ccccc87)ccc6c45)n3)cc2)cc1.c1ccc(-c2cccc(-c3nc(-c4ccccc4)nc(-c4cccc5sc6cc(C7(c8ccccc8)c8ccccc8-c8ccccc87)ccc6c45)n3)c2)cc1. The normalized spacial score (nSPS) is 12.7. The molecule has 0 radical (unpaired) electrons. The molecule has 23 rings (SSSR count). The Balaban J connectivity index is 0.000000143. The lowest BCUT2D eigenvalue weighted by Crippen LogP contribution is -2.28. The zero-order chi connectivity index (χ0) is 78.1. The highest BCUT2D eigenvalue weighted by atomic mass is 32.1. The molecule has 0 aliphatic heterocycles. The number of rotatable bonds is 13. The van der Waals surface area contributed by atoms with E-state index in [0.717, 1.165) is 72.0 Å². The molecule has 0 atom stereocenters. The Kier molecular flexibility index (Phi) is 17.3. The Morgan fingerprint density at radius 3 is 0.805 bits per heavy atom. The molecule has 0 saturated carbocycles. The number of hydrogen-bond donors (Lipinski definition) is 0. The predicted octanol–water partition coefficient (Wildman–Crippen LogP) is 28.2. The van der Waals surface area contributed by atoms with Crippen LogP contribution in [-0.2, 0) is 10.8 Å². The van der Waals surface area contributed by atoms with E-state index >= 15 is 0 Å².